The van der Waals surface area contributed by atoms with Gasteiger partial charge < -0.3 is 5.32 Å². The highest BCUT2D eigenvalue weighted by Gasteiger charge is 2.39. The Morgan fingerprint density at radius 3 is 2.77 bits per heavy atom. The zero-order valence-electron chi connectivity index (χ0n) is 11.7. The second-order valence-electron chi connectivity index (χ2n) is 5.85. The van der Waals surface area contributed by atoms with Gasteiger partial charge in [-0.2, -0.15) is 0 Å². The van der Waals surface area contributed by atoms with Crippen LogP contribution in [-0.4, -0.2) is 0 Å². The van der Waals surface area contributed by atoms with Crippen molar-refractivity contribution < 1.29 is 4.39 Å². The smallest absolute Gasteiger partial charge is 0.146 e. The van der Waals surface area contributed by atoms with Crippen LogP contribution in [0.5, 0.6) is 0 Å². The molecule has 0 saturated heterocycles. The van der Waals surface area contributed by atoms with Gasteiger partial charge in [-0.05, 0) is 41.7 Å². The van der Waals surface area contributed by atoms with Crippen molar-refractivity contribution in [3.63, 3.8) is 0 Å². The lowest BCUT2D eigenvalue weighted by molar-refractivity contribution is 0.421. The molecule has 1 heterocycles. The molecule has 1 N–H and O–H groups in total. The number of anilines is 1. The van der Waals surface area contributed by atoms with E-state index in [1.807, 2.05) is 18.2 Å². The van der Waals surface area contributed by atoms with Gasteiger partial charge in [-0.15, -0.1) is 0 Å². The molecule has 0 spiro atoms. The molecule has 2 aromatic rings. The Bertz CT molecular complexity index is 772. The monoisotopic (exact) mass is 333 g/mol. The van der Waals surface area contributed by atoms with E-state index < -0.39 is 0 Å². The maximum atomic E-state index is 14.2. The first-order valence-electron chi connectivity index (χ1n) is 7.31. The van der Waals surface area contributed by atoms with E-state index in [4.69, 9.17) is 23.2 Å². The van der Waals surface area contributed by atoms with Gasteiger partial charge >= 0.3 is 0 Å². The summed E-state index contributed by atoms with van der Waals surface area (Å²) in [6, 6.07) is 10.8. The van der Waals surface area contributed by atoms with Crippen molar-refractivity contribution in [1.82, 2.24) is 0 Å². The predicted octanol–water partition coefficient (Wildman–Crippen LogP) is 5.96. The van der Waals surface area contributed by atoms with Crippen molar-refractivity contribution in [2.45, 2.75) is 18.4 Å². The topological polar surface area (TPSA) is 12.0 Å². The quantitative estimate of drug-likeness (QED) is 0.635. The Kier molecular flexibility index (Phi) is 3.39. The molecule has 0 fully saturated rings. The summed E-state index contributed by atoms with van der Waals surface area (Å²) in [4.78, 5) is 0. The summed E-state index contributed by atoms with van der Waals surface area (Å²) in [5.41, 5.74) is 2.59. The molecule has 0 aromatic heterocycles. The van der Waals surface area contributed by atoms with Gasteiger partial charge in [-0.1, -0.05) is 53.6 Å². The van der Waals surface area contributed by atoms with E-state index in [1.165, 1.54) is 6.07 Å². The van der Waals surface area contributed by atoms with E-state index in [1.54, 1.807) is 12.1 Å². The van der Waals surface area contributed by atoms with Crippen molar-refractivity contribution in [3.8, 4) is 0 Å². The lowest BCUT2D eigenvalue weighted by atomic mass is 9.77. The molecule has 2 aromatic carbocycles. The van der Waals surface area contributed by atoms with E-state index in [0.717, 1.165) is 17.5 Å². The third-order valence-corrected chi connectivity index (χ3v) is 5.21. The standard InChI is InChI=1S/C18H14Cl2FN/c19-10-7-8-14(15(20)9-10)17-12-4-1-3-11(12)13-5-2-6-16(21)18(13)22-17/h1-3,5-9,11-12,17,22H,4H2/t11-,12+,17+/m1/s1. The molecule has 2 aliphatic rings. The van der Waals surface area contributed by atoms with Gasteiger partial charge in [0.05, 0.1) is 11.7 Å². The van der Waals surface area contributed by atoms with Crippen LogP contribution >= 0.6 is 23.2 Å². The zero-order chi connectivity index (χ0) is 15.3. The summed E-state index contributed by atoms with van der Waals surface area (Å²) in [6.07, 6.45) is 5.31. The average Bonchev–Trinajstić information content (AvgIpc) is 2.97. The Labute approximate surface area is 138 Å². The maximum absolute atomic E-state index is 14.2. The van der Waals surface area contributed by atoms with Crippen LogP contribution in [0.15, 0.2) is 48.6 Å². The number of halogens is 3. The summed E-state index contributed by atoms with van der Waals surface area (Å²) >= 11 is 12.4. The lowest BCUT2D eigenvalue weighted by Gasteiger charge is -2.38. The van der Waals surface area contributed by atoms with Gasteiger partial charge in [0.15, 0.2) is 0 Å². The van der Waals surface area contributed by atoms with Crippen LogP contribution in [0.25, 0.3) is 0 Å². The summed E-state index contributed by atoms with van der Waals surface area (Å²) in [7, 11) is 0. The Balaban J connectivity index is 1.84. The fourth-order valence-corrected chi connectivity index (χ4v) is 4.17. The molecule has 1 aliphatic heterocycles. The van der Waals surface area contributed by atoms with Crippen molar-refractivity contribution in [2.24, 2.45) is 5.92 Å². The highest BCUT2D eigenvalue weighted by molar-refractivity contribution is 6.35. The molecule has 22 heavy (non-hydrogen) atoms. The van der Waals surface area contributed by atoms with Gasteiger partial charge in [0.1, 0.15) is 5.82 Å². The SMILES string of the molecule is Fc1cccc2c1N[C@H](c1ccc(Cl)cc1Cl)[C@H]1CC=C[C@@H]21. The largest absolute Gasteiger partial charge is 0.375 e. The highest BCUT2D eigenvalue weighted by Crippen LogP contribution is 2.51. The Morgan fingerprint density at radius 1 is 1.09 bits per heavy atom. The maximum Gasteiger partial charge on any atom is 0.146 e. The molecule has 0 radical (unpaired) electrons. The summed E-state index contributed by atoms with van der Waals surface area (Å²) in [5, 5.41) is 4.60. The first kappa shape index (κ1) is 14.1. The third-order valence-electron chi connectivity index (χ3n) is 4.64. The van der Waals surface area contributed by atoms with E-state index in [0.29, 0.717) is 21.7 Å². The average molecular weight is 334 g/mol. The molecular formula is C18H14Cl2FN. The van der Waals surface area contributed by atoms with Gasteiger partial charge in [0.25, 0.3) is 0 Å². The number of hydrogen-bond donors (Lipinski definition) is 1. The van der Waals surface area contributed by atoms with Gasteiger partial charge in [-0.3, -0.25) is 0 Å². The molecule has 3 atom stereocenters. The molecule has 0 bridgehead atoms. The highest BCUT2D eigenvalue weighted by atomic mass is 35.5. The molecule has 4 rings (SSSR count). The van der Waals surface area contributed by atoms with E-state index >= 15 is 0 Å². The molecule has 0 unspecified atom stereocenters. The molecule has 112 valence electrons. The molecule has 4 heteroatoms. The molecular weight excluding hydrogens is 320 g/mol. The third kappa shape index (κ3) is 2.13. The number of hydrogen-bond acceptors (Lipinski definition) is 1. The summed E-state index contributed by atoms with van der Waals surface area (Å²) in [5.74, 6) is 0.350. The fraction of sp³-hybridized carbons (Fsp3) is 0.222. The molecule has 0 saturated carbocycles. The van der Waals surface area contributed by atoms with Crippen LogP contribution < -0.4 is 5.32 Å². The number of fused-ring (bicyclic) bond motifs is 3. The first-order chi connectivity index (χ1) is 10.6. The summed E-state index contributed by atoms with van der Waals surface area (Å²) < 4.78 is 14.2. The van der Waals surface area contributed by atoms with E-state index in [-0.39, 0.29) is 17.8 Å². The second-order valence-corrected chi connectivity index (χ2v) is 6.69. The van der Waals surface area contributed by atoms with Crippen molar-refractivity contribution >= 4 is 28.9 Å². The van der Waals surface area contributed by atoms with Gasteiger partial charge in [0.2, 0.25) is 0 Å². The van der Waals surface area contributed by atoms with Crippen LogP contribution in [-0.2, 0) is 0 Å². The van der Waals surface area contributed by atoms with Gasteiger partial charge in [-0.25, -0.2) is 4.39 Å². The predicted molar refractivity (Wildman–Crippen MR) is 89.2 cm³/mol. The number of nitrogens with one attached hydrogen (secondary N) is 1. The minimum absolute atomic E-state index is 0.0193. The van der Waals surface area contributed by atoms with Crippen LogP contribution in [0, 0.1) is 11.7 Å². The molecule has 1 nitrogen and oxygen atoms in total. The minimum atomic E-state index is -0.216. The fourth-order valence-electron chi connectivity index (χ4n) is 3.64. The number of allylic oxidation sites excluding steroid dienone is 2. The Hall–Kier alpha value is -1.51. The number of para-hydroxylation sites is 1. The Morgan fingerprint density at radius 2 is 1.95 bits per heavy atom. The number of benzene rings is 2. The van der Waals surface area contributed by atoms with E-state index in [2.05, 4.69) is 17.5 Å². The minimum Gasteiger partial charge on any atom is -0.375 e. The zero-order valence-corrected chi connectivity index (χ0v) is 13.2. The van der Waals surface area contributed by atoms with Crippen LogP contribution in [0.4, 0.5) is 10.1 Å². The van der Waals surface area contributed by atoms with Crippen LogP contribution in [0.1, 0.15) is 29.5 Å². The molecule has 0 amide bonds. The van der Waals surface area contributed by atoms with Crippen LogP contribution in [0.3, 0.4) is 0 Å². The first-order valence-corrected chi connectivity index (χ1v) is 8.07. The normalized spacial score (nSPS) is 25.5. The van der Waals surface area contributed by atoms with E-state index in [9.17, 15) is 4.39 Å². The van der Waals surface area contributed by atoms with Crippen LogP contribution in [0.2, 0.25) is 10.0 Å². The lowest BCUT2D eigenvalue weighted by Crippen LogP contribution is -2.29. The van der Waals surface area contributed by atoms with Gasteiger partial charge in [0, 0.05) is 16.0 Å². The number of rotatable bonds is 1. The second kappa shape index (κ2) is 5.29. The molecule has 1 aliphatic carbocycles. The van der Waals surface area contributed by atoms with Crippen molar-refractivity contribution in [2.75, 3.05) is 5.32 Å². The summed E-state index contributed by atoms with van der Waals surface area (Å²) in [6.45, 7) is 0. The van der Waals surface area contributed by atoms with Crippen molar-refractivity contribution in [3.05, 3.63) is 75.5 Å². The van der Waals surface area contributed by atoms with Crippen molar-refractivity contribution in [1.29, 1.82) is 0 Å².